The second-order valence-electron chi connectivity index (χ2n) is 3.68. The molecule has 2 aromatic rings. The molecule has 1 aromatic carbocycles. The molecule has 0 bridgehead atoms. The lowest BCUT2D eigenvalue weighted by Crippen LogP contribution is -2.27. The van der Waals surface area contributed by atoms with Crippen LogP contribution in [0.5, 0.6) is 0 Å². The zero-order valence-electron chi connectivity index (χ0n) is 9.27. The van der Waals surface area contributed by atoms with E-state index < -0.39 is 0 Å². The van der Waals surface area contributed by atoms with Crippen LogP contribution in [0.25, 0.3) is 0 Å². The third-order valence-electron chi connectivity index (χ3n) is 2.38. The van der Waals surface area contributed by atoms with Crippen molar-refractivity contribution < 1.29 is 4.79 Å². The summed E-state index contributed by atoms with van der Waals surface area (Å²) in [6.45, 7) is 1.88. The highest BCUT2D eigenvalue weighted by molar-refractivity contribution is 9.10. The van der Waals surface area contributed by atoms with Crippen molar-refractivity contribution in [2.75, 3.05) is 0 Å². The van der Waals surface area contributed by atoms with Gasteiger partial charge in [0.25, 0.3) is 5.91 Å². The minimum Gasteiger partial charge on any atom is -0.347 e. The standard InChI is InChI=1S/C12H12BrN3O/c1-8(11-14-6-7-15-11)16-12(17)9-2-4-10(13)5-3-9/h2-8H,1H3,(H,14,15)(H,16,17). The summed E-state index contributed by atoms with van der Waals surface area (Å²) in [5.74, 6) is 0.636. The van der Waals surface area contributed by atoms with E-state index >= 15 is 0 Å². The Labute approximate surface area is 108 Å². The summed E-state index contributed by atoms with van der Waals surface area (Å²) in [4.78, 5) is 19.0. The number of nitrogens with zero attached hydrogens (tertiary/aromatic N) is 1. The molecule has 1 atom stereocenters. The fraction of sp³-hybridized carbons (Fsp3) is 0.167. The molecular weight excluding hydrogens is 282 g/mol. The molecule has 2 N–H and O–H groups in total. The van der Waals surface area contributed by atoms with Gasteiger partial charge in [-0.25, -0.2) is 4.98 Å². The Morgan fingerprint density at radius 1 is 1.41 bits per heavy atom. The highest BCUT2D eigenvalue weighted by Crippen LogP contribution is 2.12. The van der Waals surface area contributed by atoms with Crippen LogP contribution in [-0.4, -0.2) is 15.9 Å². The predicted molar refractivity (Wildman–Crippen MR) is 68.6 cm³/mol. The van der Waals surface area contributed by atoms with Gasteiger partial charge in [0, 0.05) is 22.4 Å². The quantitative estimate of drug-likeness (QED) is 0.914. The van der Waals surface area contributed by atoms with Crippen molar-refractivity contribution in [1.82, 2.24) is 15.3 Å². The van der Waals surface area contributed by atoms with Crippen molar-refractivity contribution in [2.45, 2.75) is 13.0 Å². The Morgan fingerprint density at radius 2 is 2.12 bits per heavy atom. The number of imidazole rings is 1. The van der Waals surface area contributed by atoms with Crippen LogP contribution in [0.3, 0.4) is 0 Å². The van der Waals surface area contributed by atoms with E-state index in [2.05, 4.69) is 31.2 Å². The average Bonchev–Trinajstić information content (AvgIpc) is 2.83. The number of amides is 1. The van der Waals surface area contributed by atoms with Gasteiger partial charge in [-0.3, -0.25) is 4.79 Å². The van der Waals surface area contributed by atoms with E-state index in [9.17, 15) is 4.79 Å². The lowest BCUT2D eigenvalue weighted by Gasteiger charge is -2.11. The number of benzene rings is 1. The summed E-state index contributed by atoms with van der Waals surface area (Å²) < 4.78 is 0.952. The van der Waals surface area contributed by atoms with E-state index in [4.69, 9.17) is 0 Å². The number of carbonyl (C=O) groups is 1. The zero-order valence-corrected chi connectivity index (χ0v) is 10.9. The molecule has 1 unspecified atom stereocenters. The molecule has 0 aliphatic heterocycles. The molecule has 88 valence electrons. The molecule has 0 fully saturated rings. The van der Waals surface area contributed by atoms with Gasteiger partial charge in [0.05, 0.1) is 6.04 Å². The van der Waals surface area contributed by atoms with E-state index in [1.165, 1.54) is 0 Å². The van der Waals surface area contributed by atoms with Gasteiger partial charge in [0.15, 0.2) is 0 Å². The van der Waals surface area contributed by atoms with Crippen LogP contribution in [0.15, 0.2) is 41.1 Å². The summed E-state index contributed by atoms with van der Waals surface area (Å²) in [6, 6.07) is 7.09. The van der Waals surface area contributed by atoms with E-state index in [0.717, 1.165) is 10.3 Å². The highest BCUT2D eigenvalue weighted by atomic mass is 79.9. The molecule has 0 spiro atoms. The fourth-order valence-electron chi connectivity index (χ4n) is 1.46. The fourth-order valence-corrected chi connectivity index (χ4v) is 1.73. The molecule has 4 nitrogen and oxygen atoms in total. The van der Waals surface area contributed by atoms with Crippen molar-refractivity contribution in [3.63, 3.8) is 0 Å². The Kier molecular flexibility index (Phi) is 3.58. The number of aromatic amines is 1. The normalized spacial score (nSPS) is 12.1. The van der Waals surface area contributed by atoms with Crippen molar-refractivity contribution in [3.05, 3.63) is 52.5 Å². The third kappa shape index (κ3) is 2.94. The second kappa shape index (κ2) is 5.14. The second-order valence-corrected chi connectivity index (χ2v) is 4.59. The summed E-state index contributed by atoms with van der Waals surface area (Å²) in [5.41, 5.74) is 0.631. The van der Waals surface area contributed by atoms with Crippen LogP contribution in [0.1, 0.15) is 29.1 Å². The Hall–Kier alpha value is -1.62. The molecule has 5 heteroatoms. The number of nitrogens with one attached hydrogen (secondary N) is 2. The largest absolute Gasteiger partial charge is 0.347 e. The molecule has 1 amide bonds. The minimum absolute atomic E-state index is 0.110. The molecule has 1 heterocycles. The Bertz CT molecular complexity index is 493. The lowest BCUT2D eigenvalue weighted by atomic mass is 10.2. The number of rotatable bonds is 3. The molecule has 1 aromatic heterocycles. The van der Waals surface area contributed by atoms with E-state index in [1.54, 1.807) is 24.5 Å². The van der Waals surface area contributed by atoms with Gasteiger partial charge in [0.1, 0.15) is 5.82 Å². The number of carbonyl (C=O) groups excluding carboxylic acids is 1. The summed E-state index contributed by atoms with van der Waals surface area (Å²) in [5, 5.41) is 2.87. The molecule has 0 radical (unpaired) electrons. The average molecular weight is 294 g/mol. The van der Waals surface area contributed by atoms with Gasteiger partial charge < -0.3 is 10.3 Å². The van der Waals surface area contributed by atoms with Crippen LogP contribution >= 0.6 is 15.9 Å². The van der Waals surface area contributed by atoms with Crippen molar-refractivity contribution >= 4 is 21.8 Å². The maximum atomic E-state index is 11.9. The first-order valence-corrected chi connectivity index (χ1v) is 6.02. The van der Waals surface area contributed by atoms with Crippen LogP contribution in [-0.2, 0) is 0 Å². The number of halogens is 1. The summed E-state index contributed by atoms with van der Waals surface area (Å²) in [7, 11) is 0. The molecule has 0 saturated carbocycles. The molecule has 0 aliphatic rings. The van der Waals surface area contributed by atoms with Crippen LogP contribution < -0.4 is 5.32 Å². The van der Waals surface area contributed by atoms with E-state index in [-0.39, 0.29) is 11.9 Å². The number of H-pyrrole nitrogens is 1. The zero-order chi connectivity index (χ0) is 12.3. The van der Waals surface area contributed by atoms with Gasteiger partial charge in [-0.1, -0.05) is 15.9 Å². The van der Waals surface area contributed by atoms with Crippen molar-refractivity contribution in [1.29, 1.82) is 0 Å². The first-order valence-electron chi connectivity index (χ1n) is 5.22. The number of hydrogen-bond donors (Lipinski definition) is 2. The molecule has 17 heavy (non-hydrogen) atoms. The first kappa shape index (κ1) is 11.9. The SMILES string of the molecule is CC(NC(=O)c1ccc(Br)cc1)c1ncc[nH]1. The van der Waals surface area contributed by atoms with Crippen molar-refractivity contribution in [3.8, 4) is 0 Å². The van der Waals surface area contributed by atoms with Gasteiger partial charge in [-0.15, -0.1) is 0 Å². The number of aromatic nitrogens is 2. The van der Waals surface area contributed by atoms with Crippen LogP contribution in [0.4, 0.5) is 0 Å². The maximum Gasteiger partial charge on any atom is 0.251 e. The minimum atomic E-state index is -0.138. The first-order chi connectivity index (χ1) is 8.16. The topological polar surface area (TPSA) is 57.8 Å². The van der Waals surface area contributed by atoms with Crippen LogP contribution in [0, 0.1) is 0 Å². The van der Waals surface area contributed by atoms with Gasteiger partial charge in [0.2, 0.25) is 0 Å². The Morgan fingerprint density at radius 3 is 2.71 bits per heavy atom. The van der Waals surface area contributed by atoms with E-state index in [1.807, 2.05) is 19.1 Å². The summed E-state index contributed by atoms with van der Waals surface area (Å²) in [6.07, 6.45) is 3.40. The molecular formula is C12H12BrN3O. The summed E-state index contributed by atoms with van der Waals surface area (Å²) >= 11 is 3.33. The van der Waals surface area contributed by atoms with E-state index in [0.29, 0.717) is 5.56 Å². The van der Waals surface area contributed by atoms with Gasteiger partial charge in [-0.2, -0.15) is 0 Å². The highest BCUT2D eigenvalue weighted by Gasteiger charge is 2.12. The molecule has 0 saturated heterocycles. The molecule has 0 aliphatic carbocycles. The van der Waals surface area contributed by atoms with Crippen LogP contribution in [0.2, 0.25) is 0 Å². The maximum absolute atomic E-state index is 11.9. The monoisotopic (exact) mass is 293 g/mol. The smallest absolute Gasteiger partial charge is 0.251 e. The lowest BCUT2D eigenvalue weighted by molar-refractivity contribution is 0.0938. The molecule has 2 rings (SSSR count). The van der Waals surface area contributed by atoms with Gasteiger partial charge in [-0.05, 0) is 31.2 Å². The van der Waals surface area contributed by atoms with Gasteiger partial charge >= 0.3 is 0 Å². The third-order valence-corrected chi connectivity index (χ3v) is 2.91. The number of hydrogen-bond acceptors (Lipinski definition) is 2. The predicted octanol–water partition coefficient (Wildman–Crippen LogP) is 2.66. The Balaban J connectivity index is 2.04. The van der Waals surface area contributed by atoms with Crippen molar-refractivity contribution in [2.24, 2.45) is 0 Å².